The average Bonchev–Trinajstić information content (AvgIpc) is 2.94. The van der Waals surface area contributed by atoms with Gasteiger partial charge in [0.25, 0.3) is 0 Å². The van der Waals surface area contributed by atoms with E-state index in [-0.39, 0.29) is 5.41 Å². The van der Waals surface area contributed by atoms with E-state index in [2.05, 4.69) is 19.9 Å². The molecule has 1 aromatic rings. The fourth-order valence-corrected chi connectivity index (χ4v) is 7.98. The van der Waals surface area contributed by atoms with Crippen LogP contribution >= 0.6 is 11.6 Å². The van der Waals surface area contributed by atoms with Gasteiger partial charge in [-0.15, -0.1) is 0 Å². The molecule has 4 saturated carbocycles. The summed E-state index contributed by atoms with van der Waals surface area (Å²) in [5, 5.41) is 0.751. The number of hydrogen-bond donors (Lipinski definition) is 0. The summed E-state index contributed by atoms with van der Waals surface area (Å²) in [7, 11) is 0. The van der Waals surface area contributed by atoms with Crippen molar-refractivity contribution in [3.63, 3.8) is 0 Å². The van der Waals surface area contributed by atoms with Crippen molar-refractivity contribution in [2.45, 2.75) is 71.6 Å². The molecule has 6 atom stereocenters. The van der Waals surface area contributed by atoms with Crippen molar-refractivity contribution in [1.82, 2.24) is 0 Å². The van der Waals surface area contributed by atoms with Gasteiger partial charge in [0.2, 0.25) is 0 Å². The molecule has 150 valence electrons. The Kier molecular flexibility index (Phi) is 4.54. The first kappa shape index (κ1) is 18.9. The van der Waals surface area contributed by atoms with Gasteiger partial charge in [-0.25, -0.2) is 0 Å². The van der Waals surface area contributed by atoms with Crippen molar-refractivity contribution in [3.05, 3.63) is 40.4 Å². The maximum absolute atomic E-state index is 13.5. The molecule has 4 fully saturated rings. The molecular formula is C26H33ClO. The average molecular weight is 397 g/mol. The van der Waals surface area contributed by atoms with Gasteiger partial charge in [-0.05, 0) is 103 Å². The van der Waals surface area contributed by atoms with Gasteiger partial charge in [-0.2, -0.15) is 0 Å². The SMILES string of the molecule is C[C@]12CCCCC1CCC1C2CC[C@]2(C)C(=O)/C(=C/c3ccc(Cl)cc3)CC12. The fourth-order valence-electron chi connectivity index (χ4n) is 7.85. The van der Waals surface area contributed by atoms with E-state index in [0.717, 1.165) is 46.8 Å². The van der Waals surface area contributed by atoms with Gasteiger partial charge in [-0.1, -0.05) is 50.4 Å². The second-order valence-electron chi connectivity index (χ2n) is 10.6. The Morgan fingerprint density at radius 3 is 2.54 bits per heavy atom. The molecule has 1 nitrogen and oxygen atoms in total. The number of allylic oxidation sites excluding steroid dienone is 1. The van der Waals surface area contributed by atoms with Gasteiger partial charge in [0.1, 0.15) is 0 Å². The highest BCUT2D eigenvalue weighted by atomic mass is 35.5. The summed E-state index contributed by atoms with van der Waals surface area (Å²) in [5.41, 5.74) is 2.58. The van der Waals surface area contributed by atoms with Crippen LogP contribution < -0.4 is 0 Å². The largest absolute Gasteiger partial charge is 0.294 e. The van der Waals surface area contributed by atoms with Gasteiger partial charge in [0, 0.05) is 10.4 Å². The van der Waals surface area contributed by atoms with Crippen LogP contribution in [0.2, 0.25) is 5.02 Å². The maximum Gasteiger partial charge on any atom is 0.165 e. The van der Waals surface area contributed by atoms with Crippen molar-refractivity contribution >= 4 is 23.5 Å². The first-order valence-corrected chi connectivity index (χ1v) is 11.8. The standard InChI is InChI=1S/C26H33ClO/c1-25-13-4-3-5-19(25)8-11-21-22(25)12-14-26(2)23(21)16-18(24(26)28)15-17-6-9-20(27)10-7-17/h6-7,9-10,15,19,21-23H,3-5,8,11-14,16H2,1-2H3/b18-15+/t19?,21?,22?,23?,25-,26-/m0/s1. The van der Waals surface area contributed by atoms with Crippen LogP contribution in [0.15, 0.2) is 29.8 Å². The molecule has 28 heavy (non-hydrogen) atoms. The summed E-state index contributed by atoms with van der Waals surface area (Å²) in [6, 6.07) is 7.90. The molecule has 5 rings (SSSR count). The van der Waals surface area contributed by atoms with E-state index in [1.54, 1.807) is 0 Å². The Hall–Kier alpha value is -1.08. The summed E-state index contributed by atoms with van der Waals surface area (Å²) in [6.45, 7) is 4.89. The minimum Gasteiger partial charge on any atom is -0.294 e. The van der Waals surface area contributed by atoms with Crippen molar-refractivity contribution in [3.8, 4) is 0 Å². The third kappa shape index (κ3) is 2.76. The molecule has 0 spiro atoms. The zero-order valence-corrected chi connectivity index (χ0v) is 18.1. The monoisotopic (exact) mass is 396 g/mol. The zero-order valence-electron chi connectivity index (χ0n) is 17.3. The summed E-state index contributed by atoms with van der Waals surface area (Å²) < 4.78 is 0. The highest BCUT2D eigenvalue weighted by Gasteiger charge is 2.60. The lowest BCUT2D eigenvalue weighted by molar-refractivity contribution is -0.137. The number of fused-ring (bicyclic) bond motifs is 5. The van der Waals surface area contributed by atoms with E-state index < -0.39 is 0 Å². The van der Waals surface area contributed by atoms with E-state index in [1.165, 1.54) is 44.9 Å². The van der Waals surface area contributed by atoms with Gasteiger partial charge >= 0.3 is 0 Å². The second-order valence-corrected chi connectivity index (χ2v) is 11.0. The van der Waals surface area contributed by atoms with Crippen LogP contribution in [0.1, 0.15) is 77.2 Å². The van der Waals surface area contributed by atoms with Crippen molar-refractivity contribution < 1.29 is 4.79 Å². The number of carbonyl (C=O) groups excluding carboxylic acids is 1. The zero-order chi connectivity index (χ0) is 19.5. The predicted octanol–water partition coefficient (Wildman–Crippen LogP) is 7.34. The first-order valence-electron chi connectivity index (χ1n) is 11.4. The van der Waals surface area contributed by atoms with Gasteiger partial charge in [0.05, 0.1) is 0 Å². The minimum atomic E-state index is -0.128. The molecule has 0 amide bonds. The van der Waals surface area contributed by atoms with Crippen molar-refractivity contribution in [2.24, 2.45) is 34.5 Å². The first-order chi connectivity index (χ1) is 13.4. The van der Waals surface area contributed by atoms with Crippen molar-refractivity contribution in [1.29, 1.82) is 0 Å². The summed E-state index contributed by atoms with van der Waals surface area (Å²) in [4.78, 5) is 13.5. The molecule has 2 heteroatoms. The van der Waals surface area contributed by atoms with Crippen LogP contribution in [0.4, 0.5) is 0 Å². The number of carbonyl (C=O) groups is 1. The van der Waals surface area contributed by atoms with E-state index in [1.807, 2.05) is 24.3 Å². The van der Waals surface area contributed by atoms with E-state index in [9.17, 15) is 4.79 Å². The molecule has 0 heterocycles. The Labute approximate surface area is 174 Å². The summed E-state index contributed by atoms with van der Waals surface area (Å²) in [5.74, 6) is 3.51. The van der Waals surface area contributed by atoms with Crippen LogP contribution in [-0.2, 0) is 4.79 Å². The second kappa shape index (κ2) is 6.73. The number of benzene rings is 1. The summed E-state index contributed by atoms with van der Waals surface area (Å²) in [6.07, 6.45) is 14.0. The Morgan fingerprint density at radius 1 is 0.964 bits per heavy atom. The molecule has 0 N–H and O–H groups in total. The maximum atomic E-state index is 13.5. The Morgan fingerprint density at radius 2 is 1.75 bits per heavy atom. The molecule has 0 bridgehead atoms. The topological polar surface area (TPSA) is 17.1 Å². The van der Waals surface area contributed by atoms with E-state index in [4.69, 9.17) is 11.6 Å². The highest BCUT2D eigenvalue weighted by molar-refractivity contribution is 6.30. The lowest BCUT2D eigenvalue weighted by Gasteiger charge is -2.59. The van der Waals surface area contributed by atoms with Gasteiger partial charge in [0.15, 0.2) is 5.78 Å². The Balaban J connectivity index is 1.45. The molecule has 0 aromatic heterocycles. The smallest absolute Gasteiger partial charge is 0.165 e. The number of ketones is 1. The highest BCUT2D eigenvalue weighted by Crippen LogP contribution is 2.66. The molecule has 4 aliphatic rings. The molecular weight excluding hydrogens is 364 g/mol. The third-order valence-corrected chi connectivity index (χ3v) is 9.69. The lowest BCUT2D eigenvalue weighted by Crippen LogP contribution is -2.52. The summed E-state index contributed by atoms with van der Waals surface area (Å²) >= 11 is 6.04. The van der Waals surface area contributed by atoms with Crippen LogP contribution in [0.25, 0.3) is 6.08 Å². The number of hydrogen-bond acceptors (Lipinski definition) is 1. The van der Waals surface area contributed by atoms with Crippen molar-refractivity contribution in [2.75, 3.05) is 0 Å². The van der Waals surface area contributed by atoms with E-state index >= 15 is 0 Å². The number of halogens is 1. The third-order valence-electron chi connectivity index (χ3n) is 9.43. The molecule has 0 saturated heterocycles. The van der Waals surface area contributed by atoms with Gasteiger partial charge < -0.3 is 0 Å². The Bertz CT molecular complexity index is 808. The van der Waals surface area contributed by atoms with Crippen LogP contribution in [0.5, 0.6) is 0 Å². The van der Waals surface area contributed by atoms with E-state index in [0.29, 0.717) is 17.1 Å². The molecule has 0 aliphatic heterocycles. The normalized spacial score (nSPS) is 44.1. The van der Waals surface area contributed by atoms with Crippen LogP contribution in [0, 0.1) is 34.5 Å². The molecule has 0 radical (unpaired) electrons. The molecule has 1 aromatic carbocycles. The number of rotatable bonds is 1. The molecule has 4 unspecified atom stereocenters. The fraction of sp³-hybridized carbons (Fsp3) is 0.654. The predicted molar refractivity (Wildman–Crippen MR) is 116 cm³/mol. The lowest BCUT2D eigenvalue weighted by atomic mass is 9.45. The number of Topliss-reactive ketones (excluding diaryl/α,β-unsaturated/α-hetero) is 1. The van der Waals surface area contributed by atoms with Gasteiger partial charge in [-0.3, -0.25) is 4.79 Å². The van der Waals surface area contributed by atoms with Crippen LogP contribution in [0.3, 0.4) is 0 Å². The minimum absolute atomic E-state index is 0.128. The van der Waals surface area contributed by atoms with Crippen LogP contribution in [-0.4, -0.2) is 5.78 Å². The molecule has 4 aliphatic carbocycles. The quantitative estimate of drug-likeness (QED) is 0.454.